The van der Waals surface area contributed by atoms with Gasteiger partial charge in [0, 0.05) is 21.5 Å². The summed E-state index contributed by atoms with van der Waals surface area (Å²) in [5.74, 6) is 0.317. The van der Waals surface area contributed by atoms with E-state index in [0.29, 0.717) is 49.2 Å². The predicted octanol–water partition coefficient (Wildman–Crippen LogP) is 9.36. The molecule has 11 heteroatoms. The predicted molar refractivity (Wildman–Crippen MR) is 163 cm³/mol. The number of carbonyl (C=O) groups is 1. The number of furan rings is 1. The molecule has 1 N–H and O–H groups in total. The standard InChI is InChI=1S/C29H17BrCl3N3O3S/c30-16-6-10-24-19(12-16)23-14-22(15-4-7-17(31)8-5-15)35-36(23)29(39-24)26(40-28(37)34-29)13-18-9-11-25(38-18)27-20(32)2-1-3-21(27)33/h1-13,23H,14H2,(H,34,37). The van der Waals surface area contributed by atoms with Crippen LogP contribution in [0, 0.1) is 0 Å². The molecule has 4 heterocycles. The van der Waals surface area contributed by atoms with Crippen molar-refractivity contribution >= 4 is 79.5 Å². The first kappa shape index (κ1) is 26.0. The number of halogens is 4. The lowest BCUT2D eigenvalue weighted by molar-refractivity contribution is -0.0949. The summed E-state index contributed by atoms with van der Waals surface area (Å²) in [5, 5.41) is 11.2. The maximum absolute atomic E-state index is 12.9. The number of rotatable bonds is 3. The van der Waals surface area contributed by atoms with Gasteiger partial charge in [-0.05, 0) is 78.0 Å². The number of nitrogens with one attached hydrogen (secondary N) is 1. The highest BCUT2D eigenvalue weighted by Crippen LogP contribution is 2.53. The number of nitrogens with zero attached hydrogens (tertiary/aromatic N) is 2. The fraction of sp³-hybridized carbons (Fsp3) is 0.103. The Morgan fingerprint density at radius 1 is 1.05 bits per heavy atom. The van der Waals surface area contributed by atoms with Gasteiger partial charge in [0.2, 0.25) is 0 Å². The lowest BCUT2D eigenvalue weighted by atomic mass is 9.96. The van der Waals surface area contributed by atoms with E-state index in [2.05, 4.69) is 21.2 Å². The fourth-order valence-electron chi connectivity index (χ4n) is 5.13. The Hall–Kier alpha value is -2.88. The summed E-state index contributed by atoms with van der Waals surface area (Å²) in [6.45, 7) is 0. The van der Waals surface area contributed by atoms with E-state index in [9.17, 15) is 4.79 Å². The third-order valence-corrected chi connectivity index (χ3v) is 9.19. The molecule has 2 unspecified atom stereocenters. The van der Waals surface area contributed by atoms with Crippen molar-refractivity contribution in [1.29, 1.82) is 0 Å². The topological polar surface area (TPSA) is 67.1 Å². The molecule has 0 aliphatic carbocycles. The number of hydrazone groups is 1. The minimum Gasteiger partial charge on any atom is -0.457 e. The van der Waals surface area contributed by atoms with E-state index in [1.54, 1.807) is 36.4 Å². The van der Waals surface area contributed by atoms with Crippen molar-refractivity contribution in [2.45, 2.75) is 18.3 Å². The van der Waals surface area contributed by atoms with Crippen LogP contribution in [0.5, 0.6) is 5.75 Å². The number of fused-ring (bicyclic) bond motifs is 4. The van der Waals surface area contributed by atoms with E-state index < -0.39 is 5.85 Å². The first-order chi connectivity index (χ1) is 19.3. The molecule has 6 nitrogen and oxygen atoms in total. The fourth-order valence-corrected chi connectivity index (χ4v) is 7.11. The molecule has 3 aliphatic heterocycles. The number of hydrogen-bond donors (Lipinski definition) is 1. The molecule has 7 rings (SSSR count). The molecular formula is C29H17BrCl3N3O3S. The van der Waals surface area contributed by atoms with Gasteiger partial charge in [0.15, 0.2) is 0 Å². The van der Waals surface area contributed by atoms with E-state index in [4.69, 9.17) is 49.1 Å². The Morgan fingerprint density at radius 2 is 1.82 bits per heavy atom. The molecule has 1 saturated heterocycles. The van der Waals surface area contributed by atoms with Crippen LogP contribution in [0.3, 0.4) is 0 Å². The average molecular weight is 674 g/mol. The summed E-state index contributed by atoms with van der Waals surface area (Å²) >= 11 is 23.6. The van der Waals surface area contributed by atoms with Gasteiger partial charge in [-0.15, -0.1) is 0 Å². The summed E-state index contributed by atoms with van der Waals surface area (Å²) in [7, 11) is 0. The van der Waals surface area contributed by atoms with Crippen LogP contribution in [0.4, 0.5) is 4.79 Å². The Morgan fingerprint density at radius 3 is 2.60 bits per heavy atom. The van der Waals surface area contributed by atoms with Crippen molar-refractivity contribution in [1.82, 2.24) is 10.3 Å². The van der Waals surface area contributed by atoms with E-state index in [0.717, 1.165) is 33.1 Å². The van der Waals surface area contributed by atoms with E-state index >= 15 is 0 Å². The quantitative estimate of drug-likeness (QED) is 0.235. The lowest BCUT2D eigenvalue weighted by Gasteiger charge is -2.45. The van der Waals surface area contributed by atoms with Gasteiger partial charge in [0.1, 0.15) is 17.3 Å². The molecule has 0 bridgehead atoms. The van der Waals surface area contributed by atoms with Gasteiger partial charge in [-0.1, -0.05) is 68.9 Å². The summed E-state index contributed by atoms with van der Waals surface area (Å²) in [4.78, 5) is 13.5. The van der Waals surface area contributed by atoms with Gasteiger partial charge in [-0.25, -0.2) is 5.01 Å². The molecule has 1 fully saturated rings. The molecule has 0 saturated carbocycles. The number of hydrogen-bond acceptors (Lipinski definition) is 6. The summed E-state index contributed by atoms with van der Waals surface area (Å²) in [6.07, 6.45) is 2.40. The third kappa shape index (κ3) is 4.33. The van der Waals surface area contributed by atoms with E-state index in [1.165, 1.54) is 0 Å². The highest BCUT2D eigenvalue weighted by molar-refractivity contribution is 9.10. The van der Waals surface area contributed by atoms with Crippen molar-refractivity contribution in [3.05, 3.63) is 114 Å². The van der Waals surface area contributed by atoms with Gasteiger partial charge in [-0.3, -0.25) is 10.1 Å². The van der Waals surface area contributed by atoms with Crippen LogP contribution in [-0.4, -0.2) is 21.8 Å². The number of ether oxygens (including phenoxy) is 1. The third-order valence-electron chi connectivity index (χ3n) is 6.92. The largest absolute Gasteiger partial charge is 0.457 e. The molecule has 3 aromatic carbocycles. The lowest BCUT2D eigenvalue weighted by Crippen LogP contribution is -2.61. The molecule has 4 aromatic rings. The van der Waals surface area contributed by atoms with Crippen molar-refractivity contribution in [3.8, 4) is 17.1 Å². The van der Waals surface area contributed by atoms with Crippen LogP contribution >= 0.6 is 62.5 Å². The zero-order valence-electron chi connectivity index (χ0n) is 20.3. The van der Waals surface area contributed by atoms with Crippen molar-refractivity contribution in [2.24, 2.45) is 5.10 Å². The second-order valence-electron chi connectivity index (χ2n) is 9.37. The number of benzene rings is 3. The summed E-state index contributed by atoms with van der Waals surface area (Å²) in [5.41, 5.74) is 3.37. The maximum Gasteiger partial charge on any atom is 0.314 e. The smallest absolute Gasteiger partial charge is 0.314 e. The highest BCUT2D eigenvalue weighted by Gasteiger charge is 2.58. The minimum absolute atomic E-state index is 0.191. The van der Waals surface area contributed by atoms with Crippen molar-refractivity contribution in [3.63, 3.8) is 0 Å². The monoisotopic (exact) mass is 671 g/mol. The molecule has 40 heavy (non-hydrogen) atoms. The molecule has 1 aromatic heterocycles. The SMILES string of the molecule is O=C1NC2(Oc3ccc(Br)cc3C3CC(c4ccc(Cl)cc4)=NN32)C(=Cc2ccc(-c3c(Cl)cccc3Cl)o2)S1. The number of thioether (sulfide) groups is 1. The molecule has 1 spiro atoms. The molecule has 0 radical (unpaired) electrons. The van der Waals surface area contributed by atoms with Gasteiger partial charge < -0.3 is 9.15 Å². The Labute approximate surface area is 257 Å². The highest BCUT2D eigenvalue weighted by atomic mass is 79.9. The van der Waals surface area contributed by atoms with E-state index in [-0.39, 0.29) is 11.3 Å². The van der Waals surface area contributed by atoms with Crippen molar-refractivity contribution < 1.29 is 13.9 Å². The zero-order valence-corrected chi connectivity index (χ0v) is 25.0. The minimum atomic E-state index is -1.36. The van der Waals surface area contributed by atoms with E-state index in [1.807, 2.05) is 47.5 Å². The van der Waals surface area contributed by atoms with Crippen LogP contribution in [0.25, 0.3) is 17.4 Å². The molecule has 2 atom stereocenters. The Bertz CT molecular complexity index is 1740. The number of amides is 1. The van der Waals surface area contributed by atoms with Gasteiger partial charge in [0.25, 0.3) is 5.24 Å². The van der Waals surface area contributed by atoms with Gasteiger partial charge in [0.05, 0.1) is 32.3 Å². The Kier molecular flexibility index (Phi) is 6.44. The van der Waals surface area contributed by atoms with Crippen LogP contribution in [0.15, 0.2) is 91.7 Å². The Balaban J connectivity index is 1.34. The molecule has 3 aliphatic rings. The first-order valence-corrected chi connectivity index (χ1v) is 14.9. The summed E-state index contributed by atoms with van der Waals surface area (Å²) < 4.78 is 13.7. The van der Waals surface area contributed by atoms with Gasteiger partial charge >= 0.3 is 5.85 Å². The van der Waals surface area contributed by atoms with Crippen LogP contribution < -0.4 is 10.1 Å². The molecule has 200 valence electrons. The number of carbonyl (C=O) groups excluding carboxylic acids is 1. The van der Waals surface area contributed by atoms with Crippen LogP contribution in [0.2, 0.25) is 15.1 Å². The van der Waals surface area contributed by atoms with Gasteiger partial charge in [-0.2, -0.15) is 5.10 Å². The molecular weight excluding hydrogens is 657 g/mol. The average Bonchev–Trinajstić information content (AvgIpc) is 3.64. The van der Waals surface area contributed by atoms with Crippen LogP contribution in [-0.2, 0) is 0 Å². The molecule has 1 amide bonds. The first-order valence-electron chi connectivity index (χ1n) is 12.2. The van der Waals surface area contributed by atoms with Crippen molar-refractivity contribution in [2.75, 3.05) is 0 Å². The maximum atomic E-state index is 12.9. The summed E-state index contributed by atoms with van der Waals surface area (Å²) in [6, 6.07) is 22.1. The van der Waals surface area contributed by atoms with Crippen LogP contribution in [0.1, 0.15) is 29.3 Å². The second kappa shape index (κ2) is 9.89. The normalized spacial score (nSPS) is 22.2. The second-order valence-corrected chi connectivity index (χ2v) is 12.5. The zero-order chi connectivity index (χ0) is 27.6.